The van der Waals surface area contributed by atoms with E-state index in [-0.39, 0.29) is 17.5 Å². The quantitative estimate of drug-likeness (QED) is 0.891. The molecule has 20 heavy (non-hydrogen) atoms. The average Bonchev–Trinajstić information content (AvgIpc) is 2.75. The summed E-state index contributed by atoms with van der Waals surface area (Å²) in [6.07, 6.45) is 0. The first-order chi connectivity index (χ1) is 9.54. The highest BCUT2D eigenvalue weighted by Gasteiger charge is 2.18. The van der Waals surface area contributed by atoms with Crippen molar-refractivity contribution in [2.45, 2.75) is 6.92 Å². The Balaban J connectivity index is 2.19. The van der Waals surface area contributed by atoms with E-state index in [0.717, 1.165) is 0 Å². The van der Waals surface area contributed by atoms with Crippen molar-refractivity contribution in [3.8, 4) is 0 Å². The molecule has 108 valence electrons. The monoisotopic (exact) mass is 296 g/mol. The number of benzene rings is 1. The lowest BCUT2D eigenvalue weighted by atomic mass is 10.2. The van der Waals surface area contributed by atoms with Gasteiger partial charge in [0.2, 0.25) is 0 Å². The molecule has 3 N–H and O–H groups in total. The van der Waals surface area contributed by atoms with E-state index in [1.54, 1.807) is 19.2 Å². The Morgan fingerprint density at radius 3 is 2.95 bits per heavy atom. The molecule has 0 fully saturated rings. The summed E-state index contributed by atoms with van der Waals surface area (Å²) >= 11 is 1.20. The van der Waals surface area contributed by atoms with Crippen LogP contribution in [0.2, 0.25) is 0 Å². The van der Waals surface area contributed by atoms with Crippen LogP contribution in [0.25, 0.3) is 10.1 Å². The largest absolute Gasteiger partial charge is 0.397 e. The molecule has 0 saturated heterocycles. The molecule has 0 spiro atoms. The minimum atomic E-state index is -0.400. The highest BCUT2D eigenvalue weighted by Crippen LogP contribution is 2.35. The molecule has 0 aliphatic heterocycles. The summed E-state index contributed by atoms with van der Waals surface area (Å²) in [6, 6.07) is 4.70. The zero-order valence-corrected chi connectivity index (χ0v) is 12.2. The van der Waals surface area contributed by atoms with Gasteiger partial charge in [0.15, 0.2) is 0 Å². The maximum atomic E-state index is 13.7. The Morgan fingerprint density at radius 2 is 2.30 bits per heavy atom. The molecule has 1 aromatic heterocycles. The van der Waals surface area contributed by atoms with E-state index in [1.165, 1.54) is 17.4 Å². The van der Waals surface area contributed by atoms with Crippen LogP contribution in [0.1, 0.15) is 16.6 Å². The van der Waals surface area contributed by atoms with E-state index >= 15 is 0 Å². The third-order valence-electron chi connectivity index (χ3n) is 2.97. The SMILES string of the molecule is COCC(C)CNC(=O)c1sc2cccc(F)c2c1N. The van der Waals surface area contributed by atoms with Crippen LogP contribution in [0.15, 0.2) is 18.2 Å². The second-order valence-corrected chi connectivity index (χ2v) is 5.78. The van der Waals surface area contributed by atoms with Gasteiger partial charge in [-0.1, -0.05) is 13.0 Å². The number of amides is 1. The normalized spacial score (nSPS) is 12.6. The Labute approximate surface area is 120 Å². The highest BCUT2D eigenvalue weighted by atomic mass is 32.1. The number of carbonyl (C=O) groups excluding carboxylic acids is 1. The number of ether oxygens (including phenoxy) is 1. The molecule has 1 aromatic carbocycles. The molecule has 0 bridgehead atoms. The summed E-state index contributed by atoms with van der Waals surface area (Å²) < 4.78 is 19.4. The van der Waals surface area contributed by atoms with Crippen molar-refractivity contribution in [1.82, 2.24) is 5.32 Å². The summed E-state index contributed by atoms with van der Waals surface area (Å²) in [5.74, 6) is -0.467. The van der Waals surface area contributed by atoms with E-state index in [2.05, 4.69) is 5.32 Å². The number of hydrogen-bond acceptors (Lipinski definition) is 4. The molecule has 2 aromatic rings. The molecule has 1 atom stereocenters. The number of halogens is 1. The van der Waals surface area contributed by atoms with Gasteiger partial charge in [0.25, 0.3) is 5.91 Å². The molecule has 6 heteroatoms. The molecule has 1 unspecified atom stereocenters. The van der Waals surface area contributed by atoms with E-state index in [9.17, 15) is 9.18 Å². The number of fused-ring (bicyclic) bond motifs is 1. The zero-order valence-electron chi connectivity index (χ0n) is 11.4. The number of nitrogens with one attached hydrogen (secondary N) is 1. The van der Waals surface area contributed by atoms with Crippen LogP contribution in [0.3, 0.4) is 0 Å². The molecular formula is C14H17FN2O2S. The summed E-state index contributed by atoms with van der Waals surface area (Å²) in [5, 5.41) is 3.12. The highest BCUT2D eigenvalue weighted by molar-refractivity contribution is 7.21. The lowest BCUT2D eigenvalue weighted by Gasteiger charge is -2.11. The molecule has 1 heterocycles. The van der Waals surface area contributed by atoms with Crippen LogP contribution >= 0.6 is 11.3 Å². The van der Waals surface area contributed by atoms with Gasteiger partial charge in [-0.25, -0.2) is 4.39 Å². The molecule has 0 aliphatic rings. The third-order valence-corrected chi connectivity index (χ3v) is 4.14. The van der Waals surface area contributed by atoms with Gasteiger partial charge in [-0.05, 0) is 18.1 Å². The number of nitrogens with two attached hydrogens (primary N) is 1. The summed E-state index contributed by atoms with van der Waals surface area (Å²) in [6.45, 7) is 3.03. The second kappa shape index (κ2) is 6.19. The minimum absolute atomic E-state index is 0.205. The van der Waals surface area contributed by atoms with Crippen molar-refractivity contribution in [3.63, 3.8) is 0 Å². The average molecular weight is 296 g/mol. The summed E-state index contributed by atoms with van der Waals surface area (Å²) in [5.41, 5.74) is 6.10. The topological polar surface area (TPSA) is 64.3 Å². The van der Waals surface area contributed by atoms with Gasteiger partial charge in [0, 0.05) is 18.4 Å². The van der Waals surface area contributed by atoms with Crippen molar-refractivity contribution >= 4 is 33.0 Å². The fourth-order valence-electron chi connectivity index (χ4n) is 1.99. The molecule has 2 rings (SSSR count). The fourth-order valence-corrected chi connectivity index (χ4v) is 3.04. The number of carbonyl (C=O) groups is 1. The van der Waals surface area contributed by atoms with Crippen molar-refractivity contribution in [2.75, 3.05) is 26.0 Å². The Bertz CT molecular complexity index is 627. The summed E-state index contributed by atoms with van der Waals surface area (Å²) in [7, 11) is 1.62. The minimum Gasteiger partial charge on any atom is -0.397 e. The van der Waals surface area contributed by atoms with E-state index in [0.29, 0.717) is 28.1 Å². The Kier molecular flexibility index (Phi) is 4.57. The lowest BCUT2D eigenvalue weighted by molar-refractivity contribution is 0.0939. The molecule has 1 amide bonds. The van der Waals surface area contributed by atoms with E-state index < -0.39 is 5.82 Å². The zero-order chi connectivity index (χ0) is 14.7. The van der Waals surface area contributed by atoms with Crippen molar-refractivity contribution in [1.29, 1.82) is 0 Å². The first-order valence-corrected chi connectivity index (χ1v) is 7.09. The number of nitrogen functional groups attached to an aromatic ring is 1. The van der Waals surface area contributed by atoms with Crippen molar-refractivity contribution in [2.24, 2.45) is 5.92 Å². The van der Waals surface area contributed by atoms with Crippen LogP contribution in [-0.4, -0.2) is 26.2 Å². The smallest absolute Gasteiger partial charge is 0.263 e. The van der Waals surface area contributed by atoms with Crippen LogP contribution in [0.5, 0.6) is 0 Å². The Morgan fingerprint density at radius 1 is 1.55 bits per heavy atom. The van der Waals surface area contributed by atoms with Gasteiger partial charge in [0.05, 0.1) is 17.7 Å². The van der Waals surface area contributed by atoms with E-state index in [1.807, 2.05) is 6.92 Å². The first kappa shape index (κ1) is 14.7. The third kappa shape index (κ3) is 2.91. The van der Waals surface area contributed by atoms with Crippen molar-refractivity contribution in [3.05, 3.63) is 28.9 Å². The number of hydrogen-bond donors (Lipinski definition) is 2. The van der Waals surface area contributed by atoms with Gasteiger partial charge in [-0.3, -0.25) is 4.79 Å². The van der Waals surface area contributed by atoms with Gasteiger partial charge in [-0.2, -0.15) is 0 Å². The maximum absolute atomic E-state index is 13.7. The number of methoxy groups -OCH3 is 1. The van der Waals surface area contributed by atoms with Gasteiger partial charge < -0.3 is 15.8 Å². The summed E-state index contributed by atoms with van der Waals surface area (Å²) in [4.78, 5) is 12.5. The number of rotatable bonds is 5. The number of thiophene rings is 1. The molecule has 0 radical (unpaired) electrons. The standard InChI is InChI=1S/C14H17FN2O2S/c1-8(7-19-2)6-17-14(18)13-12(16)11-9(15)4-3-5-10(11)20-13/h3-5,8H,6-7,16H2,1-2H3,(H,17,18). The number of anilines is 1. The van der Waals surface area contributed by atoms with Gasteiger partial charge in [0.1, 0.15) is 10.7 Å². The predicted octanol–water partition coefficient (Wildman–Crippen LogP) is 2.63. The van der Waals surface area contributed by atoms with Crippen molar-refractivity contribution < 1.29 is 13.9 Å². The van der Waals surface area contributed by atoms with Gasteiger partial charge in [-0.15, -0.1) is 11.3 Å². The maximum Gasteiger partial charge on any atom is 0.263 e. The molecule has 0 aliphatic carbocycles. The Hall–Kier alpha value is -1.66. The van der Waals surface area contributed by atoms with Crippen LogP contribution < -0.4 is 11.1 Å². The fraction of sp³-hybridized carbons (Fsp3) is 0.357. The molecule has 4 nitrogen and oxygen atoms in total. The lowest BCUT2D eigenvalue weighted by Crippen LogP contribution is -2.29. The predicted molar refractivity (Wildman–Crippen MR) is 79.6 cm³/mol. The molecular weight excluding hydrogens is 279 g/mol. The van der Waals surface area contributed by atoms with E-state index in [4.69, 9.17) is 10.5 Å². The molecule has 0 saturated carbocycles. The van der Waals surface area contributed by atoms with Crippen LogP contribution in [-0.2, 0) is 4.74 Å². The first-order valence-electron chi connectivity index (χ1n) is 6.28. The second-order valence-electron chi connectivity index (χ2n) is 4.73. The van der Waals surface area contributed by atoms with Crippen LogP contribution in [0, 0.1) is 11.7 Å². The van der Waals surface area contributed by atoms with Gasteiger partial charge >= 0.3 is 0 Å². The van der Waals surface area contributed by atoms with Crippen LogP contribution in [0.4, 0.5) is 10.1 Å².